The summed E-state index contributed by atoms with van der Waals surface area (Å²) >= 11 is 0. The van der Waals surface area contributed by atoms with Gasteiger partial charge >= 0.3 is 0 Å². The zero-order valence-corrected chi connectivity index (χ0v) is 12.8. The number of nitrogens with zero attached hydrogens (tertiary/aromatic N) is 1. The van der Waals surface area contributed by atoms with Gasteiger partial charge in [-0.25, -0.2) is 0 Å². The van der Waals surface area contributed by atoms with Crippen LogP contribution in [0.1, 0.15) is 64.2 Å². The number of carbonyl (C=O) groups is 1. The third-order valence-electron chi connectivity index (χ3n) is 4.66. The fraction of sp³-hybridized carbons (Fsp3) is 0.933. The van der Waals surface area contributed by atoms with E-state index in [9.17, 15) is 4.79 Å². The van der Waals surface area contributed by atoms with Crippen molar-refractivity contribution in [2.24, 2.45) is 11.7 Å². The van der Waals surface area contributed by atoms with Gasteiger partial charge in [0.1, 0.15) is 0 Å². The SMILES string of the molecule is Cl.NCC1CCCCN1C(=O)CC1CCCCCC1. The van der Waals surface area contributed by atoms with Gasteiger partial charge in [-0.15, -0.1) is 12.4 Å². The van der Waals surface area contributed by atoms with E-state index in [4.69, 9.17) is 5.73 Å². The maximum absolute atomic E-state index is 12.4. The van der Waals surface area contributed by atoms with Gasteiger partial charge in [0.2, 0.25) is 5.91 Å². The molecule has 2 aliphatic rings. The van der Waals surface area contributed by atoms with E-state index >= 15 is 0 Å². The van der Waals surface area contributed by atoms with Crippen molar-refractivity contribution in [1.29, 1.82) is 0 Å². The number of nitrogens with two attached hydrogens (primary N) is 1. The molecule has 1 atom stereocenters. The van der Waals surface area contributed by atoms with E-state index in [0.717, 1.165) is 25.8 Å². The van der Waals surface area contributed by atoms with E-state index in [2.05, 4.69) is 4.90 Å². The molecule has 2 fully saturated rings. The van der Waals surface area contributed by atoms with Crippen LogP contribution in [0.4, 0.5) is 0 Å². The van der Waals surface area contributed by atoms with Gasteiger partial charge in [0.25, 0.3) is 0 Å². The molecule has 1 saturated heterocycles. The first-order valence-electron chi connectivity index (χ1n) is 7.81. The summed E-state index contributed by atoms with van der Waals surface area (Å²) in [4.78, 5) is 14.5. The molecule has 0 spiro atoms. The fourth-order valence-electron chi connectivity index (χ4n) is 3.51. The smallest absolute Gasteiger partial charge is 0.223 e. The third kappa shape index (κ3) is 4.96. The predicted octanol–water partition coefficient (Wildman–Crippen LogP) is 3.11. The Morgan fingerprint density at radius 1 is 1.00 bits per heavy atom. The van der Waals surface area contributed by atoms with Crippen LogP contribution in [-0.2, 0) is 4.79 Å². The normalized spacial score (nSPS) is 25.5. The molecule has 0 aromatic carbocycles. The first-order chi connectivity index (χ1) is 8.81. The second kappa shape index (κ2) is 8.80. The summed E-state index contributed by atoms with van der Waals surface area (Å²) < 4.78 is 0. The lowest BCUT2D eigenvalue weighted by Gasteiger charge is -2.36. The lowest BCUT2D eigenvalue weighted by Crippen LogP contribution is -2.47. The van der Waals surface area contributed by atoms with Crippen LogP contribution in [0.15, 0.2) is 0 Å². The highest BCUT2D eigenvalue weighted by atomic mass is 35.5. The molecule has 2 N–H and O–H groups in total. The van der Waals surface area contributed by atoms with Gasteiger partial charge in [-0.3, -0.25) is 4.79 Å². The van der Waals surface area contributed by atoms with E-state index in [-0.39, 0.29) is 12.4 Å². The molecule has 0 aromatic heterocycles. The molecule has 1 aliphatic carbocycles. The topological polar surface area (TPSA) is 46.3 Å². The molecular weight excluding hydrogens is 260 g/mol. The highest BCUT2D eigenvalue weighted by Gasteiger charge is 2.27. The average Bonchev–Trinajstić information content (AvgIpc) is 2.67. The standard InChI is InChI=1S/C15H28N2O.ClH/c16-12-14-9-5-6-10-17(14)15(18)11-13-7-3-1-2-4-8-13;/h13-14H,1-12,16H2;1H. The Hall–Kier alpha value is -0.280. The van der Waals surface area contributed by atoms with E-state index < -0.39 is 0 Å². The van der Waals surface area contributed by atoms with Crippen molar-refractivity contribution in [3.05, 3.63) is 0 Å². The molecule has 0 bridgehead atoms. The Morgan fingerprint density at radius 3 is 2.26 bits per heavy atom. The Balaban J connectivity index is 0.00000180. The van der Waals surface area contributed by atoms with Crippen molar-refractivity contribution in [2.45, 2.75) is 70.3 Å². The van der Waals surface area contributed by atoms with Crippen LogP contribution in [0, 0.1) is 5.92 Å². The molecule has 1 unspecified atom stereocenters. The maximum atomic E-state index is 12.4. The zero-order valence-electron chi connectivity index (χ0n) is 12.0. The number of carbonyl (C=O) groups excluding carboxylic acids is 1. The molecule has 0 radical (unpaired) electrons. The largest absolute Gasteiger partial charge is 0.338 e. The lowest BCUT2D eigenvalue weighted by molar-refractivity contribution is -0.135. The average molecular weight is 289 g/mol. The first kappa shape index (κ1) is 16.8. The number of halogens is 1. The molecule has 19 heavy (non-hydrogen) atoms. The van der Waals surface area contributed by atoms with Crippen molar-refractivity contribution in [1.82, 2.24) is 4.90 Å². The summed E-state index contributed by atoms with van der Waals surface area (Å²) in [6.07, 6.45) is 12.1. The fourth-order valence-corrected chi connectivity index (χ4v) is 3.51. The molecule has 3 nitrogen and oxygen atoms in total. The minimum atomic E-state index is 0. The predicted molar refractivity (Wildman–Crippen MR) is 81.5 cm³/mol. The molecule has 2 rings (SSSR count). The molecule has 112 valence electrons. The number of amides is 1. The molecule has 1 aliphatic heterocycles. The monoisotopic (exact) mass is 288 g/mol. The second-order valence-corrected chi connectivity index (χ2v) is 6.03. The molecule has 0 aromatic rings. The molecule has 1 amide bonds. The summed E-state index contributed by atoms with van der Waals surface area (Å²) in [6, 6.07) is 0.317. The minimum absolute atomic E-state index is 0. The highest BCUT2D eigenvalue weighted by Crippen LogP contribution is 2.27. The molecule has 1 heterocycles. The van der Waals surface area contributed by atoms with Crippen molar-refractivity contribution in [3.63, 3.8) is 0 Å². The second-order valence-electron chi connectivity index (χ2n) is 6.03. The van der Waals surface area contributed by atoms with Crippen LogP contribution in [0.3, 0.4) is 0 Å². The summed E-state index contributed by atoms with van der Waals surface area (Å²) in [5.74, 6) is 1.01. The van der Waals surface area contributed by atoms with E-state index in [1.54, 1.807) is 0 Å². The van der Waals surface area contributed by atoms with Crippen LogP contribution < -0.4 is 5.73 Å². The van der Waals surface area contributed by atoms with Gasteiger partial charge in [0, 0.05) is 25.6 Å². The van der Waals surface area contributed by atoms with Crippen LogP contribution in [0.25, 0.3) is 0 Å². The summed E-state index contributed by atoms with van der Waals surface area (Å²) in [5, 5.41) is 0. The highest BCUT2D eigenvalue weighted by molar-refractivity contribution is 5.85. The molecular formula is C15H29ClN2O. The van der Waals surface area contributed by atoms with Crippen LogP contribution in [0.5, 0.6) is 0 Å². The van der Waals surface area contributed by atoms with Gasteiger partial charge in [-0.1, -0.05) is 25.7 Å². The van der Waals surface area contributed by atoms with Gasteiger partial charge in [-0.05, 0) is 38.0 Å². The van der Waals surface area contributed by atoms with Crippen molar-refractivity contribution >= 4 is 18.3 Å². The Kier molecular flexibility index (Phi) is 7.77. The van der Waals surface area contributed by atoms with Gasteiger partial charge in [-0.2, -0.15) is 0 Å². The van der Waals surface area contributed by atoms with E-state index in [0.29, 0.717) is 24.4 Å². The summed E-state index contributed by atoms with van der Waals surface area (Å²) in [6.45, 7) is 1.57. The molecule has 1 saturated carbocycles. The lowest BCUT2D eigenvalue weighted by atomic mass is 9.94. The van der Waals surface area contributed by atoms with Crippen LogP contribution in [-0.4, -0.2) is 29.9 Å². The number of rotatable bonds is 3. The zero-order chi connectivity index (χ0) is 12.8. The van der Waals surface area contributed by atoms with Crippen LogP contribution >= 0.6 is 12.4 Å². The Bertz CT molecular complexity index is 265. The van der Waals surface area contributed by atoms with E-state index in [1.165, 1.54) is 44.9 Å². The maximum Gasteiger partial charge on any atom is 0.223 e. The summed E-state index contributed by atoms with van der Waals surface area (Å²) in [5.41, 5.74) is 5.80. The van der Waals surface area contributed by atoms with Crippen LogP contribution in [0.2, 0.25) is 0 Å². The van der Waals surface area contributed by atoms with E-state index in [1.807, 2.05) is 0 Å². The van der Waals surface area contributed by atoms with Crippen molar-refractivity contribution < 1.29 is 4.79 Å². The van der Waals surface area contributed by atoms with Gasteiger partial charge in [0.15, 0.2) is 0 Å². The minimum Gasteiger partial charge on any atom is -0.338 e. The number of hydrogen-bond donors (Lipinski definition) is 1. The number of hydrogen-bond acceptors (Lipinski definition) is 2. The van der Waals surface area contributed by atoms with Gasteiger partial charge in [0.05, 0.1) is 0 Å². The van der Waals surface area contributed by atoms with Crippen molar-refractivity contribution in [3.8, 4) is 0 Å². The Labute approximate surface area is 123 Å². The third-order valence-corrected chi connectivity index (χ3v) is 4.66. The summed E-state index contributed by atoms with van der Waals surface area (Å²) in [7, 11) is 0. The number of likely N-dealkylation sites (tertiary alicyclic amines) is 1. The number of piperidine rings is 1. The van der Waals surface area contributed by atoms with Crippen molar-refractivity contribution in [2.75, 3.05) is 13.1 Å². The van der Waals surface area contributed by atoms with Gasteiger partial charge < -0.3 is 10.6 Å². The quantitative estimate of drug-likeness (QED) is 0.811. The Morgan fingerprint density at radius 2 is 1.63 bits per heavy atom. The molecule has 4 heteroatoms. The first-order valence-corrected chi connectivity index (χ1v) is 7.81.